The molecule has 0 radical (unpaired) electrons. The Morgan fingerprint density at radius 3 is 2.59 bits per heavy atom. The van der Waals surface area contributed by atoms with Crippen molar-refractivity contribution in [2.24, 2.45) is 13.0 Å². The normalized spacial score (nSPS) is 21.8. The molecule has 2 amide bonds. The zero-order valence-corrected chi connectivity index (χ0v) is 19.4. The van der Waals surface area contributed by atoms with Crippen molar-refractivity contribution in [3.63, 3.8) is 0 Å². The number of imidazole rings is 1. The van der Waals surface area contributed by atoms with Crippen molar-refractivity contribution in [2.75, 3.05) is 33.2 Å². The lowest BCUT2D eigenvalue weighted by Crippen LogP contribution is -2.44. The zero-order valence-electron chi connectivity index (χ0n) is 19.4. The lowest BCUT2D eigenvalue weighted by atomic mass is 9.88. The maximum Gasteiger partial charge on any atom is 0.329 e. The summed E-state index contributed by atoms with van der Waals surface area (Å²) in [5.41, 5.74) is 2.70. The number of hydrogen-bond donors (Lipinski definition) is 2. The van der Waals surface area contributed by atoms with E-state index in [2.05, 4.69) is 28.5 Å². The summed E-state index contributed by atoms with van der Waals surface area (Å²) in [5.74, 6) is 0.408. The van der Waals surface area contributed by atoms with E-state index in [4.69, 9.17) is 0 Å². The van der Waals surface area contributed by atoms with Crippen LogP contribution in [0.4, 0.5) is 0 Å². The molecule has 2 aliphatic heterocycles. The van der Waals surface area contributed by atoms with E-state index in [1.165, 1.54) is 12.0 Å². The summed E-state index contributed by atoms with van der Waals surface area (Å²) < 4.78 is 3.26. The third-order valence-electron chi connectivity index (χ3n) is 7.14. The fourth-order valence-electron chi connectivity index (χ4n) is 5.38. The minimum Gasteiger partial charge on any atom is -0.320 e. The Labute approximate surface area is 188 Å². The van der Waals surface area contributed by atoms with E-state index in [0.29, 0.717) is 18.3 Å². The molecule has 3 heterocycles. The molecule has 0 spiro atoms. The number of imide groups is 1. The van der Waals surface area contributed by atoms with Crippen molar-refractivity contribution in [3.05, 3.63) is 34.2 Å². The van der Waals surface area contributed by atoms with Crippen LogP contribution in [-0.4, -0.2) is 59.1 Å². The number of amides is 2. The lowest BCUT2D eigenvalue weighted by Gasteiger charge is -2.34. The SMILES string of the molecule is CNCCC(C)CN1CCC(c2cccc3c2n(C)c(=O)n3C2CCC(=O)NC2=O)CC1. The van der Waals surface area contributed by atoms with Gasteiger partial charge in [0, 0.05) is 20.0 Å². The third-order valence-corrected chi connectivity index (χ3v) is 7.14. The monoisotopic (exact) mass is 441 g/mol. The molecular formula is C24H35N5O3. The Kier molecular flexibility index (Phi) is 6.81. The summed E-state index contributed by atoms with van der Waals surface area (Å²) >= 11 is 0. The number of aryl methyl sites for hydroxylation is 1. The van der Waals surface area contributed by atoms with E-state index in [0.717, 1.165) is 50.1 Å². The molecule has 8 heteroatoms. The number of hydrogen-bond acceptors (Lipinski definition) is 5. The molecule has 0 aliphatic carbocycles. The molecule has 8 nitrogen and oxygen atoms in total. The van der Waals surface area contributed by atoms with Crippen LogP contribution in [0.5, 0.6) is 0 Å². The first kappa shape index (κ1) is 22.7. The van der Waals surface area contributed by atoms with Gasteiger partial charge in [-0.15, -0.1) is 0 Å². The molecule has 1 aromatic carbocycles. The number of nitrogens with zero attached hydrogens (tertiary/aromatic N) is 3. The van der Waals surface area contributed by atoms with Crippen LogP contribution in [-0.2, 0) is 16.6 Å². The summed E-state index contributed by atoms with van der Waals surface area (Å²) in [6.07, 6.45) is 3.93. The summed E-state index contributed by atoms with van der Waals surface area (Å²) in [6.45, 7) is 6.62. The van der Waals surface area contributed by atoms with Crippen LogP contribution in [0.25, 0.3) is 11.0 Å². The first-order valence-electron chi connectivity index (χ1n) is 11.8. The van der Waals surface area contributed by atoms with E-state index in [9.17, 15) is 14.4 Å². The Bertz CT molecular complexity index is 1050. The average Bonchev–Trinajstić information content (AvgIpc) is 3.03. The van der Waals surface area contributed by atoms with Gasteiger partial charge in [-0.25, -0.2) is 4.79 Å². The first-order chi connectivity index (χ1) is 15.4. The van der Waals surface area contributed by atoms with E-state index < -0.39 is 6.04 Å². The largest absolute Gasteiger partial charge is 0.329 e. The van der Waals surface area contributed by atoms with Gasteiger partial charge in [0.05, 0.1) is 11.0 Å². The van der Waals surface area contributed by atoms with Crippen molar-refractivity contribution < 1.29 is 9.59 Å². The van der Waals surface area contributed by atoms with E-state index in [1.807, 2.05) is 19.2 Å². The Morgan fingerprint density at radius 1 is 1.16 bits per heavy atom. The van der Waals surface area contributed by atoms with Crippen molar-refractivity contribution in [2.45, 2.75) is 51.0 Å². The van der Waals surface area contributed by atoms with Gasteiger partial charge in [-0.1, -0.05) is 19.1 Å². The number of likely N-dealkylation sites (tertiary alicyclic amines) is 1. The second-order valence-electron chi connectivity index (χ2n) is 9.47. The molecule has 1 aromatic heterocycles. The number of carbonyl (C=O) groups excluding carboxylic acids is 2. The minimum absolute atomic E-state index is 0.197. The van der Waals surface area contributed by atoms with Gasteiger partial charge in [0.2, 0.25) is 11.8 Å². The summed E-state index contributed by atoms with van der Waals surface area (Å²) in [7, 11) is 3.79. The van der Waals surface area contributed by atoms with Crippen molar-refractivity contribution >= 4 is 22.8 Å². The Balaban J connectivity index is 1.56. The predicted molar refractivity (Wildman–Crippen MR) is 125 cm³/mol. The van der Waals surface area contributed by atoms with Crippen LogP contribution in [0.3, 0.4) is 0 Å². The maximum absolute atomic E-state index is 13.2. The topological polar surface area (TPSA) is 88.4 Å². The number of piperidine rings is 2. The second-order valence-corrected chi connectivity index (χ2v) is 9.47. The van der Waals surface area contributed by atoms with Gasteiger partial charge in [-0.05, 0) is 75.8 Å². The highest BCUT2D eigenvalue weighted by molar-refractivity contribution is 6.00. The quantitative estimate of drug-likeness (QED) is 0.639. The highest BCUT2D eigenvalue weighted by Gasteiger charge is 2.32. The minimum atomic E-state index is -0.639. The molecule has 174 valence electrons. The Hall–Kier alpha value is -2.45. The second kappa shape index (κ2) is 9.58. The molecule has 32 heavy (non-hydrogen) atoms. The summed E-state index contributed by atoms with van der Waals surface area (Å²) in [4.78, 5) is 39.8. The van der Waals surface area contributed by atoms with E-state index >= 15 is 0 Å². The molecule has 2 fully saturated rings. The van der Waals surface area contributed by atoms with Gasteiger partial charge in [-0.2, -0.15) is 0 Å². The number of para-hydroxylation sites is 1. The standard InChI is InChI=1S/C24H35N5O3/c1-16(9-12-25-2)15-28-13-10-17(11-14-28)18-5-4-6-19-22(18)27(3)24(32)29(19)20-7-8-21(30)26-23(20)31/h4-6,16-17,20,25H,7-15H2,1-3H3,(H,26,30,31). The molecule has 2 saturated heterocycles. The molecule has 2 aliphatic rings. The number of fused-ring (bicyclic) bond motifs is 1. The van der Waals surface area contributed by atoms with Gasteiger partial charge in [0.1, 0.15) is 6.04 Å². The number of rotatable bonds is 7. The lowest BCUT2D eigenvalue weighted by molar-refractivity contribution is -0.135. The van der Waals surface area contributed by atoms with Crippen molar-refractivity contribution in [1.82, 2.24) is 24.7 Å². The molecular weight excluding hydrogens is 406 g/mol. The van der Waals surface area contributed by atoms with Crippen LogP contribution in [0.2, 0.25) is 0 Å². The molecule has 0 saturated carbocycles. The van der Waals surface area contributed by atoms with Crippen LogP contribution in [0.1, 0.15) is 56.6 Å². The first-order valence-corrected chi connectivity index (χ1v) is 11.8. The van der Waals surface area contributed by atoms with Gasteiger partial charge < -0.3 is 10.2 Å². The van der Waals surface area contributed by atoms with Crippen molar-refractivity contribution in [1.29, 1.82) is 0 Å². The highest BCUT2D eigenvalue weighted by Crippen LogP contribution is 2.34. The molecule has 0 bridgehead atoms. The zero-order chi connectivity index (χ0) is 22.8. The van der Waals surface area contributed by atoms with Crippen molar-refractivity contribution in [3.8, 4) is 0 Å². The summed E-state index contributed by atoms with van der Waals surface area (Å²) in [6, 6.07) is 5.40. The Morgan fingerprint density at radius 2 is 1.91 bits per heavy atom. The number of benzene rings is 1. The van der Waals surface area contributed by atoms with Crippen LogP contribution in [0.15, 0.2) is 23.0 Å². The van der Waals surface area contributed by atoms with Crippen LogP contribution >= 0.6 is 0 Å². The fraction of sp³-hybridized carbons (Fsp3) is 0.625. The fourth-order valence-corrected chi connectivity index (χ4v) is 5.38. The van der Waals surface area contributed by atoms with Gasteiger partial charge >= 0.3 is 5.69 Å². The van der Waals surface area contributed by atoms with Crippen LogP contribution < -0.4 is 16.3 Å². The maximum atomic E-state index is 13.2. The van der Waals surface area contributed by atoms with Gasteiger partial charge in [0.25, 0.3) is 0 Å². The third kappa shape index (κ3) is 4.38. The number of carbonyl (C=O) groups is 2. The molecule has 2 unspecified atom stereocenters. The number of aromatic nitrogens is 2. The van der Waals surface area contributed by atoms with Gasteiger partial charge in [0.15, 0.2) is 0 Å². The van der Waals surface area contributed by atoms with E-state index in [-0.39, 0.29) is 23.9 Å². The van der Waals surface area contributed by atoms with Crippen LogP contribution in [0, 0.1) is 5.92 Å². The highest BCUT2D eigenvalue weighted by atomic mass is 16.2. The summed E-state index contributed by atoms with van der Waals surface area (Å²) in [5, 5.41) is 5.62. The molecule has 4 rings (SSSR count). The van der Waals surface area contributed by atoms with Gasteiger partial charge in [-0.3, -0.25) is 24.0 Å². The number of nitrogens with one attached hydrogen (secondary N) is 2. The molecule has 2 atom stereocenters. The smallest absolute Gasteiger partial charge is 0.320 e. The average molecular weight is 442 g/mol. The molecule has 2 aromatic rings. The molecule has 2 N–H and O–H groups in total. The van der Waals surface area contributed by atoms with E-state index in [1.54, 1.807) is 16.2 Å². The predicted octanol–water partition coefficient (Wildman–Crippen LogP) is 1.74.